The lowest BCUT2D eigenvalue weighted by Crippen LogP contribution is -2.19. The summed E-state index contributed by atoms with van der Waals surface area (Å²) in [5, 5.41) is 10.8. The highest BCUT2D eigenvalue weighted by Crippen LogP contribution is 2.11. The van der Waals surface area contributed by atoms with Crippen molar-refractivity contribution in [1.29, 1.82) is 0 Å². The minimum Gasteiger partial charge on any atom is -0.306 e. The maximum absolute atomic E-state index is 12.5. The number of aryl methyl sites for hydroxylation is 1. The summed E-state index contributed by atoms with van der Waals surface area (Å²) in [6.07, 6.45) is 3.10. The molecular weight excluding hydrogens is 276 g/mol. The third-order valence-corrected chi connectivity index (χ3v) is 2.65. The van der Waals surface area contributed by atoms with E-state index in [1.54, 1.807) is 12.3 Å². The van der Waals surface area contributed by atoms with Gasteiger partial charge in [-0.1, -0.05) is 0 Å². The van der Waals surface area contributed by atoms with E-state index in [4.69, 9.17) is 0 Å². The van der Waals surface area contributed by atoms with Crippen molar-refractivity contribution in [2.45, 2.75) is 33.1 Å². The molecule has 0 aromatic carbocycles. The van der Waals surface area contributed by atoms with E-state index in [0.29, 0.717) is 23.5 Å². The first-order valence-corrected chi connectivity index (χ1v) is 5.74. The molecule has 0 saturated carbocycles. The van der Waals surface area contributed by atoms with Crippen LogP contribution in [0.15, 0.2) is 24.5 Å². The highest BCUT2D eigenvalue weighted by Gasteiger charge is 2.11. The highest BCUT2D eigenvalue weighted by molar-refractivity contribution is 5.85. The van der Waals surface area contributed by atoms with Crippen LogP contribution in [0.1, 0.15) is 24.9 Å². The van der Waals surface area contributed by atoms with Crippen LogP contribution >= 0.6 is 12.4 Å². The van der Waals surface area contributed by atoms with Gasteiger partial charge in [0.05, 0.1) is 11.4 Å². The second kappa shape index (κ2) is 7.20. The summed E-state index contributed by atoms with van der Waals surface area (Å²) < 4.78 is 27.6. The molecule has 0 atom stereocenters. The van der Waals surface area contributed by atoms with Gasteiger partial charge in [-0.3, -0.25) is 4.68 Å². The molecule has 0 fully saturated rings. The Morgan fingerprint density at radius 2 is 1.79 bits per heavy atom. The van der Waals surface area contributed by atoms with Gasteiger partial charge in [-0.2, -0.15) is 19.0 Å². The summed E-state index contributed by atoms with van der Waals surface area (Å²) in [4.78, 5) is 0. The van der Waals surface area contributed by atoms with Gasteiger partial charge in [0.2, 0.25) is 0 Å². The Morgan fingerprint density at radius 3 is 2.47 bits per heavy atom. The van der Waals surface area contributed by atoms with Crippen LogP contribution in [-0.2, 0) is 19.6 Å². The van der Waals surface area contributed by atoms with Gasteiger partial charge in [-0.05, 0) is 19.1 Å². The maximum atomic E-state index is 12.5. The molecule has 0 spiro atoms. The molecule has 2 aromatic rings. The number of nitrogens with one attached hydrogen (secondary N) is 1. The first-order valence-electron chi connectivity index (χ1n) is 5.74. The van der Waals surface area contributed by atoms with Crippen molar-refractivity contribution >= 4 is 12.4 Å². The second-order valence-electron chi connectivity index (χ2n) is 3.79. The van der Waals surface area contributed by atoms with Crippen LogP contribution in [0, 0.1) is 0 Å². The van der Waals surface area contributed by atoms with Gasteiger partial charge in [-0.25, -0.2) is 4.68 Å². The average molecular weight is 292 g/mol. The number of aromatic nitrogens is 4. The first kappa shape index (κ1) is 15.6. The monoisotopic (exact) mass is 291 g/mol. The number of hydrogen-bond acceptors (Lipinski definition) is 3. The summed E-state index contributed by atoms with van der Waals surface area (Å²) in [6, 6.07) is 3.48. The third kappa shape index (κ3) is 3.74. The summed E-state index contributed by atoms with van der Waals surface area (Å²) >= 11 is 0. The molecular formula is C11H16ClF2N5. The van der Waals surface area contributed by atoms with Crippen molar-refractivity contribution in [2.24, 2.45) is 0 Å². The quantitative estimate of drug-likeness (QED) is 0.888. The van der Waals surface area contributed by atoms with Crippen molar-refractivity contribution in [3.05, 3.63) is 35.9 Å². The zero-order valence-electron chi connectivity index (χ0n) is 10.5. The third-order valence-electron chi connectivity index (χ3n) is 2.65. The van der Waals surface area contributed by atoms with Crippen molar-refractivity contribution < 1.29 is 8.78 Å². The van der Waals surface area contributed by atoms with Gasteiger partial charge in [0.1, 0.15) is 0 Å². The van der Waals surface area contributed by atoms with Gasteiger partial charge in [0.25, 0.3) is 0 Å². The van der Waals surface area contributed by atoms with Crippen molar-refractivity contribution in [3.8, 4) is 0 Å². The standard InChI is InChI=1S/C11H15F2N5.ClH/c1-2-17-9(3-5-15-17)7-14-8-10-4-6-16-18(10)11(12)13;/h3-6,11,14H,2,7-8H2,1H3;1H. The summed E-state index contributed by atoms with van der Waals surface area (Å²) in [7, 11) is 0. The normalized spacial score (nSPS) is 10.7. The summed E-state index contributed by atoms with van der Waals surface area (Å²) in [6.45, 7) is 1.13. The molecule has 8 heteroatoms. The van der Waals surface area contributed by atoms with E-state index in [2.05, 4.69) is 15.5 Å². The Morgan fingerprint density at radius 1 is 1.16 bits per heavy atom. The lowest BCUT2D eigenvalue weighted by atomic mass is 10.4. The molecule has 0 bridgehead atoms. The van der Waals surface area contributed by atoms with Gasteiger partial charge in [0.15, 0.2) is 0 Å². The Balaban J connectivity index is 0.00000180. The zero-order chi connectivity index (χ0) is 13.0. The van der Waals surface area contributed by atoms with E-state index in [1.807, 2.05) is 17.7 Å². The van der Waals surface area contributed by atoms with Crippen LogP contribution in [0.2, 0.25) is 0 Å². The molecule has 0 aliphatic heterocycles. The SMILES string of the molecule is CCn1nccc1CNCc1ccnn1C(F)F.Cl. The molecule has 0 amide bonds. The predicted octanol–water partition coefficient (Wildman–Crippen LogP) is 2.21. The van der Waals surface area contributed by atoms with E-state index in [-0.39, 0.29) is 12.4 Å². The van der Waals surface area contributed by atoms with E-state index >= 15 is 0 Å². The van der Waals surface area contributed by atoms with Crippen LogP contribution in [0.3, 0.4) is 0 Å². The lowest BCUT2D eigenvalue weighted by Gasteiger charge is -2.08. The zero-order valence-corrected chi connectivity index (χ0v) is 11.3. The fraction of sp³-hybridized carbons (Fsp3) is 0.455. The lowest BCUT2D eigenvalue weighted by molar-refractivity contribution is 0.0531. The Kier molecular flexibility index (Phi) is 5.91. The fourth-order valence-corrected chi connectivity index (χ4v) is 1.77. The average Bonchev–Trinajstić information content (AvgIpc) is 2.97. The smallest absolute Gasteiger partial charge is 0.306 e. The highest BCUT2D eigenvalue weighted by atomic mass is 35.5. The van der Waals surface area contributed by atoms with Crippen molar-refractivity contribution in [3.63, 3.8) is 0 Å². The van der Waals surface area contributed by atoms with Crippen LogP contribution in [0.5, 0.6) is 0 Å². The van der Waals surface area contributed by atoms with Crippen molar-refractivity contribution in [2.75, 3.05) is 0 Å². The van der Waals surface area contributed by atoms with Crippen LogP contribution in [0.4, 0.5) is 8.78 Å². The number of hydrogen-bond donors (Lipinski definition) is 1. The molecule has 19 heavy (non-hydrogen) atoms. The van der Waals surface area contributed by atoms with Crippen LogP contribution in [-0.4, -0.2) is 19.6 Å². The molecule has 2 heterocycles. The number of alkyl halides is 2. The Hall–Kier alpha value is -1.47. The summed E-state index contributed by atoms with van der Waals surface area (Å²) in [5.74, 6) is 0. The first-order chi connectivity index (χ1) is 8.72. The summed E-state index contributed by atoms with van der Waals surface area (Å²) in [5.41, 5.74) is 1.49. The fourth-order valence-electron chi connectivity index (χ4n) is 1.77. The Bertz CT molecular complexity index is 497. The van der Waals surface area contributed by atoms with E-state index in [1.165, 1.54) is 6.20 Å². The van der Waals surface area contributed by atoms with Gasteiger partial charge in [-0.15, -0.1) is 12.4 Å². The van der Waals surface area contributed by atoms with Gasteiger partial charge in [0, 0.05) is 32.0 Å². The number of halogens is 3. The molecule has 1 N–H and O–H groups in total. The molecule has 5 nitrogen and oxygen atoms in total. The molecule has 0 aliphatic rings. The van der Waals surface area contributed by atoms with Gasteiger partial charge >= 0.3 is 6.55 Å². The minimum absolute atomic E-state index is 0. The van der Waals surface area contributed by atoms with Gasteiger partial charge < -0.3 is 5.32 Å². The molecule has 0 radical (unpaired) electrons. The largest absolute Gasteiger partial charge is 0.333 e. The molecule has 106 valence electrons. The molecule has 0 aliphatic carbocycles. The van der Waals surface area contributed by atoms with E-state index in [0.717, 1.165) is 12.2 Å². The van der Waals surface area contributed by atoms with E-state index in [9.17, 15) is 8.78 Å². The second-order valence-corrected chi connectivity index (χ2v) is 3.79. The Labute approximate surface area is 116 Å². The topological polar surface area (TPSA) is 47.7 Å². The maximum Gasteiger partial charge on any atom is 0.333 e. The van der Waals surface area contributed by atoms with Crippen molar-refractivity contribution in [1.82, 2.24) is 24.9 Å². The molecule has 2 rings (SSSR count). The predicted molar refractivity (Wildman–Crippen MR) is 69.2 cm³/mol. The number of nitrogens with zero attached hydrogens (tertiary/aromatic N) is 4. The number of rotatable bonds is 6. The minimum atomic E-state index is -2.60. The molecule has 0 saturated heterocycles. The van der Waals surface area contributed by atoms with Crippen LogP contribution < -0.4 is 5.32 Å². The molecule has 0 unspecified atom stereocenters. The van der Waals surface area contributed by atoms with E-state index < -0.39 is 6.55 Å². The van der Waals surface area contributed by atoms with Crippen LogP contribution in [0.25, 0.3) is 0 Å². The molecule has 2 aromatic heterocycles.